The average molecular weight is 301 g/mol. The number of fused-ring (bicyclic) bond motifs is 2. The van der Waals surface area contributed by atoms with Gasteiger partial charge in [0.15, 0.2) is 0 Å². The molecule has 22 heavy (non-hydrogen) atoms. The number of hydrogen-bond acceptors (Lipinski definition) is 4. The van der Waals surface area contributed by atoms with E-state index in [1.807, 2.05) is 6.21 Å². The van der Waals surface area contributed by atoms with Gasteiger partial charge in [-0.15, -0.1) is 0 Å². The van der Waals surface area contributed by atoms with Crippen LogP contribution in [-0.4, -0.2) is 17.0 Å². The zero-order valence-electron chi connectivity index (χ0n) is 12.5. The second kappa shape index (κ2) is 5.87. The summed E-state index contributed by atoms with van der Waals surface area (Å²) < 4.78 is 0. The maximum Gasteiger partial charge on any atom is 0.273 e. The fraction of sp³-hybridized carbons (Fsp3) is 0.500. The fourth-order valence-electron chi connectivity index (χ4n) is 3.68. The lowest BCUT2D eigenvalue weighted by atomic mass is 9.90. The second-order valence-corrected chi connectivity index (χ2v) is 6.32. The van der Waals surface area contributed by atoms with E-state index < -0.39 is 10.8 Å². The molecule has 0 unspecified atom stereocenters. The number of nitro groups is 1. The second-order valence-electron chi connectivity index (χ2n) is 6.32. The van der Waals surface area contributed by atoms with Gasteiger partial charge in [-0.3, -0.25) is 14.9 Å². The zero-order chi connectivity index (χ0) is 15.7. The van der Waals surface area contributed by atoms with Crippen molar-refractivity contribution in [2.75, 3.05) is 0 Å². The normalized spacial score (nSPS) is 26.5. The molecule has 116 valence electrons. The molecule has 0 spiro atoms. The average Bonchev–Trinajstić information content (AvgIpc) is 3.10. The van der Waals surface area contributed by atoms with E-state index in [1.54, 1.807) is 19.1 Å². The number of hydrogen-bond donors (Lipinski definition) is 1. The number of carbonyl (C=O) groups excluding carboxylic acids is 1. The molecule has 1 aromatic carbocycles. The van der Waals surface area contributed by atoms with Gasteiger partial charge in [0.2, 0.25) is 0 Å². The first-order valence-electron chi connectivity index (χ1n) is 7.63. The van der Waals surface area contributed by atoms with Crippen LogP contribution in [0.4, 0.5) is 5.69 Å². The molecule has 1 aromatic rings. The van der Waals surface area contributed by atoms with Gasteiger partial charge in [0.05, 0.1) is 4.92 Å². The van der Waals surface area contributed by atoms with E-state index >= 15 is 0 Å². The molecule has 2 bridgehead atoms. The van der Waals surface area contributed by atoms with Gasteiger partial charge in [0.25, 0.3) is 11.6 Å². The van der Waals surface area contributed by atoms with Crippen LogP contribution < -0.4 is 5.43 Å². The van der Waals surface area contributed by atoms with Crippen molar-refractivity contribution < 1.29 is 9.72 Å². The number of nitro benzene ring substituents is 1. The number of rotatable bonds is 4. The minimum atomic E-state index is -0.482. The van der Waals surface area contributed by atoms with Crippen LogP contribution >= 0.6 is 0 Å². The lowest BCUT2D eigenvalue weighted by Gasteiger charge is -2.16. The van der Waals surface area contributed by atoms with Crippen molar-refractivity contribution in [3.63, 3.8) is 0 Å². The minimum absolute atomic E-state index is 0.0512. The highest BCUT2D eigenvalue weighted by molar-refractivity contribution is 5.95. The highest BCUT2D eigenvalue weighted by Crippen LogP contribution is 2.47. The highest BCUT2D eigenvalue weighted by atomic mass is 16.6. The quantitative estimate of drug-likeness (QED) is 0.527. The lowest BCUT2D eigenvalue weighted by Crippen LogP contribution is -2.20. The van der Waals surface area contributed by atoms with Crippen molar-refractivity contribution in [3.05, 3.63) is 39.4 Å². The molecule has 0 aliphatic heterocycles. The van der Waals surface area contributed by atoms with Crippen LogP contribution in [0.3, 0.4) is 0 Å². The molecule has 0 radical (unpaired) electrons. The van der Waals surface area contributed by atoms with Crippen LogP contribution in [0, 0.1) is 34.8 Å². The topological polar surface area (TPSA) is 84.6 Å². The molecule has 0 heterocycles. The summed E-state index contributed by atoms with van der Waals surface area (Å²) in [6.07, 6.45) is 6.88. The fourth-order valence-corrected chi connectivity index (χ4v) is 3.68. The molecule has 6 nitrogen and oxygen atoms in total. The maximum absolute atomic E-state index is 12.0. The van der Waals surface area contributed by atoms with E-state index in [4.69, 9.17) is 0 Å². The van der Waals surface area contributed by atoms with E-state index in [0.29, 0.717) is 17.4 Å². The van der Waals surface area contributed by atoms with Gasteiger partial charge in [0.1, 0.15) is 0 Å². The molecule has 1 amide bonds. The van der Waals surface area contributed by atoms with Crippen LogP contribution in [0.25, 0.3) is 0 Å². The standard InChI is InChI=1S/C16H19N3O3/c1-10-2-4-13(8-15(10)19(21)22)16(20)18-17-9-14-7-11-3-5-12(14)6-11/h2,4,8-9,11-12,14H,3,5-7H2,1H3,(H,18,20)/b17-9-/t11-,12-,14+/m1/s1. The molecule has 3 rings (SSSR count). The van der Waals surface area contributed by atoms with E-state index in [9.17, 15) is 14.9 Å². The number of carbonyl (C=O) groups is 1. The summed E-state index contributed by atoms with van der Waals surface area (Å²) in [5.74, 6) is 1.59. The van der Waals surface area contributed by atoms with Crippen LogP contribution in [0.1, 0.15) is 41.6 Å². The van der Waals surface area contributed by atoms with Crippen molar-refractivity contribution in [1.29, 1.82) is 0 Å². The Kier molecular flexibility index (Phi) is 3.92. The Morgan fingerprint density at radius 2 is 2.23 bits per heavy atom. The van der Waals surface area contributed by atoms with Gasteiger partial charge in [-0.1, -0.05) is 12.5 Å². The van der Waals surface area contributed by atoms with Crippen molar-refractivity contribution >= 4 is 17.8 Å². The Hall–Kier alpha value is -2.24. The largest absolute Gasteiger partial charge is 0.273 e. The third-order valence-corrected chi connectivity index (χ3v) is 4.89. The molecule has 6 heteroatoms. The van der Waals surface area contributed by atoms with Crippen LogP contribution in [0.5, 0.6) is 0 Å². The predicted octanol–water partition coefficient (Wildman–Crippen LogP) is 3.06. The van der Waals surface area contributed by atoms with Crippen molar-refractivity contribution in [1.82, 2.24) is 5.43 Å². The summed E-state index contributed by atoms with van der Waals surface area (Å²) >= 11 is 0. The van der Waals surface area contributed by atoms with Crippen molar-refractivity contribution in [2.24, 2.45) is 22.9 Å². The molecule has 0 saturated heterocycles. The Morgan fingerprint density at radius 3 is 2.86 bits per heavy atom. The number of benzene rings is 1. The van der Waals surface area contributed by atoms with E-state index in [1.165, 1.54) is 31.7 Å². The van der Waals surface area contributed by atoms with Crippen LogP contribution in [0.2, 0.25) is 0 Å². The molecular formula is C16H19N3O3. The van der Waals surface area contributed by atoms with Gasteiger partial charge in [0, 0.05) is 23.4 Å². The summed E-state index contributed by atoms with van der Waals surface area (Å²) in [6, 6.07) is 4.44. The lowest BCUT2D eigenvalue weighted by molar-refractivity contribution is -0.385. The maximum atomic E-state index is 12.0. The summed E-state index contributed by atoms with van der Waals surface area (Å²) in [5, 5.41) is 15.0. The number of nitrogens with zero attached hydrogens (tertiary/aromatic N) is 2. The first-order chi connectivity index (χ1) is 10.5. The number of hydrazone groups is 1. The molecule has 2 fully saturated rings. The predicted molar refractivity (Wildman–Crippen MR) is 82.7 cm³/mol. The Balaban J connectivity index is 1.62. The van der Waals surface area contributed by atoms with Gasteiger partial charge in [-0.25, -0.2) is 5.43 Å². The molecular weight excluding hydrogens is 282 g/mol. The summed E-state index contributed by atoms with van der Waals surface area (Å²) in [7, 11) is 0. The smallest absolute Gasteiger partial charge is 0.267 e. The number of amides is 1. The molecule has 3 atom stereocenters. The van der Waals surface area contributed by atoms with Crippen LogP contribution in [0.15, 0.2) is 23.3 Å². The van der Waals surface area contributed by atoms with E-state index in [-0.39, 0.29) is 11.3 Å². The Morgan fingerprint density at radius 1 is 1.41 bits per heavy atom. The van der Waals surface area contributed by atoms with E-state index in [0.717, 1.165) is 5.92 Å². The SMILES string of the molecule is Cc1ccc(C(=O)N/N=C\[C@@H]2C[C@@H]3CC[C@@H]2C3)cc1[N+](=O)[O-]. The first-order valence-corrected chi connectivity index (χ1v) is 7.63. The Labute approximate surface area is 128 Å². The van der Waals surface area contributed by atoms with Gasteiger partial charge in [-0.2, -0.15) is 5.10 Å². The Bertz CT molecular complexity index is 642. The summed E-state index contributed by atoms with van der Waals surface area (Å²) in [6.45, 7) is 1.65. The first kappa shape index (κ1) is 14.7. The molecule has 2 aliphatic rings. The molecule has 2 saturated carbocycles. The minimum Gasteiger partial charge on any atom is -0.267 e. The molecule has 1 N–H and O–H groups in total. The van der Waals surface area contributed by atoms with Crippen LogP contribution in [-0.2, 0) is 0 Å². The summed E-state index contributed by atoms with van der Waals surface area (Å²) in [5.41, 5.74) is 3.21. The van der Waals surface area contributed by atoms with Gasteiger partial charge >= 0.3 is 0 Å². The zero-order valence-corrected chi connectivity index (χ0v) is 12.5. The molecule has 0 aromatic heterocycles. The van der Waals surface area contributed by atoms with E-state index in [2.05, 4.69) is 10.5 Å². The molecule has 2 aliphatic carbocycles. The summed E-state index contributed by atoms with van der Waals surface area (Å²) in [4.78, 5) is 22.4. The highest BCUT2D eigenvalue weighted by Gasteiger charge is 2.38. The van der Waals surface area contributed by atoms with Crippen molar-refractivity contribution in [3.8, 4) is 0 Å². The van der Waals surface area contributed by atoms with Gasteiger partial charge in [-0.05, 0) is 50.0 Å². The number of aryl methyl sites for hydroxylation is 1. The van der Waals surface area contributed by atoms with Gasteiger partial charge < -0.3 is 0 Å². The van der Waals surface area contributed by atoms with Crippen molar-refractivity contribution in [2.45, 2.75) is 32.6 Å². The third kappa shape index (κ3) is 2.86. The number of nitrogens with one attached hydrogen (secondary N) is 1. The monoisotopic (exact) mass is 301 g/mol. The third-order valence-electron chi connectivity index (χ3n) is 4.89.